The third-order valence-corrected chi connectivity index (χ3v) is 6.58. The number of hydrogen-bond donors (Lipinski definition) is 1. The van der Waals surface area contributed by atoms with Gasteiger partial charge in [-0.3, -0.25) is 9.48 Å². The fraction of sp³-hybridized carbons (Fsp3) is 0.500. The van der Waals surface area contributed by atoms with E-state index in [0.717, 1.165) is 47.9 Å². The molecule has 0 atom stereocenters. The molecule has 2 heterocycles. The molecule has 1 aromatic carbocycles. The third-order valence-electron chi connectivity index (χ3n) is 6.58. The summed E-state index contributed by atoms with van der Waals surface area (Å²) in [5.41, 5.74) is 2.91. The molecular weight excluding hydrogens is 312 g/mol. The Balaban J connectivity index is 1.59. The van der Waals surface area contributed by atoms with Gasteiger partial charge in [0.2, 0.25) is 5.91 Å². The lowest BCUT2D eigenvalue weighted by Gasteiger charge is -2.47. The molecule has 0 radical (unpaired) electrons. The van der Waals surface area contributed by atoms with E-state index in [1.165, 1.54) is 19.3 Å². The Labute approximate surface area is 148 Å². The molecule has 1 aromatic heterocycles. The summed E-state index contributed by atoms with van der Waals surface area (Å²) in [6.45, 7) is 0.594. The van der Waals surface area contributed by atoms with Crippen LogP contribution in [0.2, 0.25) is 0 Å². The second-order valence-corrected chi connectivity index (χ2v) is 7.94. The number of anilines is 3. The Bertz CT molecular complexity index is 818. The van der Waals surface area contributed by atoms with Crippen LogP contribution in [-0.4, -0.2) is 15.7 Å². The zero-order valence-corrected chi connectivity index (χ0v) is 14.7. The molecule has 2 bridgehead atoms. The standard InChI is InChI=1S/C20H24N4O/c1-23-18-15(12-21-23)13-24(17-5-3-2-4-16(17)22-18)19(25)20-9-6-14(7-10-20)8-11-20/h2-5,12,14,22H,6-11,13H2,1H3. The summed E-state index contributed by atoms with van der Waals surface area (Å²) in [6.07, 6.45) is 8.71. The molecule has 6 rings (SSSR count). The molecule has 2 aromatic rings. The molecule has 25 heavy (non-hydrogen) atoms. The lowest BCUT2D eigenvalue weighted by atomic mass is 9.60. The molecule has 3 saturated carbocycles. The smallest absolute Gasteiger partial charge is 0.233 e. The van der Waals surface area contributed by atoms with Crippen molar-refractivity contribution in [2.45, 2.75) is 45.1 Å². The predicted molar refractivity (Wildman–Crippen MR) is 97.7 cm³/mol. The van der Waals surface area contributed by atoms with Gasteiger partial charge in [-0.2, -0.15) is 5.10 Å². The van der Waals surface area contributed by atoms with E-state index in [1.54, 1.807) is 0 Å². The van der Waals surface area contributed by atoms with Crippen LogP contribution in [0.1, 0.15) is 44.1 Å². The van der Waals surface area contributed by atoms with Gasteiger partial charge in [0.15, 0.2) is 0 Å². The van der Waals surface area contributed by atoms with Gasteiger partial charge in [-0.25, -0.2) is 0 Å². The molecule has 1 aliphatic heterocycles. The van der Waals surface area contributed by atoms with Crippen LogP contribution >= 0.6 is 0 Å². The van der Waals surface area contributed by atoms with Crippen LogP contribution in [0.3, 0.4) is 0 Å². The second-order valence-electron chi connectivity index (χ2n) is 7.94. The number of aromatic nitrogens is 2. The summed E-state index contributed by atoms with van der Waals surface area (Å²) in [5.74, 6) is 2.15. The molecule has 0 saturated heterocycles. The number of fused-ring (bicyclic) bond motifs is 5. The normalized spacial score (nSPS) is 27.2. The van der Waals surface area contributed by atoms with Crippen LogP contribution in [0, 0.1) is 11.3 Å². The van der Waals surface area contributed by atoms with E-state index in [1.807, 2.05) is 41.0 Å². The summed E-state index contributed by atoms with van der Waals surface area (Å²) in [5, 5.41) is 7.87. The third kappa shape index (κ3) is 2.21. The summed E-state index contributed by atoms with van der Waals surface area (Å²) in [4.78, 5) is 15.7. The first-order valence-electron chi connectivity index (χ1n) is 9.35. The van der Waals surface area contributed by atoms with Crippen LogP contribution in [-0.2, 0) is 18.4 Å². The minimum atomic E-state index is -0.144. The van der Waals surface area contributed by atoms with Crippen molar-refractivity contribution in [1.29, 1.82) is 0 Å². The zero-order chi connectivity index (χ0) is 17.0. The quantitative estimate of drug-likeness (QED) is 0.857. The molecule has 4 aliphatic rings. The lowest BCUT2D eigenvalue weighted by molar-refractivity contribution is -0.134. The molecule has 1 amide bonds. The Morgan fingerprint density at radius 3 is 2.68 bits per heavy atom. The van der Waals surface area contributed by atoms with Crippen LogP contribution in [0.4, 0.5) is 17.2 Å². The van der Waals surface area contributed by atoms with Gasteiger partial charge < -0.3 is 10.2 Å². The average molecular weight is 336 g/mol. The van der Waals surface area contributed by atoms with E-state index in [4.69, 9.17) is 0 Å². The number of benzene rings is 1. The Morgan fingerprint density at radius 1 is 1.20 bits per heavy atom. The van der Waals surface area contributed by atoms with Gasteiger partial charge in [0.1, 0.15) is 5.82 Å². The van der Waals surface area contributed by atoms with Crippen molar-refractivity contribution in [3.8, 4) is 0 Å². The van der Waals surface area contributed by atoms with E-state index >= 15 is 0 Å². The molecule has 130 valence electrons. The molecule has 5 nitrogen and oxygen atoms in total. The monoisotopic (exact) mass is 336 g/mol. The van der Waals surface area contributed by atoms with Gasteiger partial charge in [0, 0.05) is 18.0 Å². The van der Waals surface area contributed by atoms with E-state index in [-0.39, 0.29) is 5.41 Å². The Morgan fingerprint density at radius 2 is 1.92 bits per heavy atom. The number of amides is 1. The number of carbonyl (C=O) groups is 1. The number of nitrogens with zero attached hydrogens (tertiary/aromatic N) is 3. The fourth-order valence-electron chi connectivity index (χ4n) is 5.00. The number of rotatable bonds is 1. The first kappa shape index (κ1) is 15.0. The molecular formula is C20H24N4O. The van der Waals surface area contributed by atoms with Gasteiger partial charge in [-0.15, -0.1) is 0 Å². The van der Waals surface area contributed by atoms with Gasteiger partial charge in [-0.05, 0) is 56.6 Å². The van der Waals surface area contributed by atoms with Gasteiger partial charge in [0.25, 0.3) is 0 Å². The maximum atomic E-state index is 13.7. The highest BCUT2D eigenvalue weighted by Crippen LogP contribution is 2.52. The summed E-state index contributed by atoms with van der Waals surface area (Å²) >= 11 is 0. The number of nitrogens with one attached hydrogen (secondary N) is 1. The maximum absolute atomic E-state index is 13.7. The lowest BCUT2D eigenvalue weighted by Crippen LogP contribution is -2.48. The summed E-state index contributed by atoms with van der Waals surface area (Å²) in [7, 11) is 1.94. The van der Waals surface area contributed by atoms with Crippen molar-refractivity contribution in [2.75, 3.05) is 10.2 Å². The number of hydrogen-bond acceptors (Lipinski definition) is 3. The largest absolute Gasteiger partial charge is 0.338 e. The topological polar surface area (TPSA) is 50.2 Å². The van der Waals surface area contributed by atoms with Crippen LogP contribution in [0.15, 0.2) is 30.5 Å². The van der Waals surface area contributed by atoms with Crippen molar-refractivity contribution < 1.29 is 4.79 Å². The number of carbonyl (C=O) groups excluding carboxylic acids is 1. The SMILES string of the molecule is Cn1ncc2c1Nc1ccccc1N(C(=O)C13CCC(CC1)CC3)C2. The maximum Gasteiger partial charge on any atom is 0.233 e. The molecule has 3 aliphatic carbocycles. The molecule has 3 fully saturated rings. The highest BCUT2D eigenvalue weighted by molar-refractivity contribution is 6.01. The van der Waals surface area contributed by atoms with Crippen molar-refractivity contribution in [3.63, 3.8) is 0 Å². The highest BCUT2D eigenvalue weighted by atomic mass is 16.2. The van der Waals surface area contributed by atoms with Gasteiger partial charge >= 0.3 is 0 Å². The molecule has 5 heteroatoms. The summed E-state index contributed by atoms with van der Waals surface area (Å²) in [6, 6.07) is 8.14. The van der Waals surface area contributed by atoms with Crippen molar-refractivity contribution in [3.05, 3.63) is 36.0 Å². The van der Waals surface area contributed by atoms with Gasteiger partial charge in [0.05, 0.1) is 24.1 Å². The minimum absolute atomic E-state index is 0.144. The number of aryl methyl sites for hydroxylation is 1. The zero-order valence-electron chi connectivity index (χ0n) is 14.7. The minimum Gasteiger partial charge on any atom is -0.338 e. The fourth-order valence-corrected chi connectivity index (χ4v) is 5.00. The number of para-hydroxylation sites is 2. The van der Waals surface area contributed by atoms with Crippen LogP contribution < -0.4 is 10.2 Å². The first-order valence-corrected chi connectivity index (χ1v) is 9.35. The predicted octanol–water partition coefficient (Wildman–Crippen LogP) is 3.98. The Hall–Kier alpha value is -2.30. The van der Waals surface area contributed by atoms with Crippen LogP contribution in [0.5, 0.6) is 0 Å². The van der Waals surface area contributed by atoms with Crippen molar-refractivity contribution >= 4 is 23.1 Å². The van der Waals surface area contributed by atoms with E-state index in [2.05, 4.69) is 16.5 Å². The average Bonchev–Trinajstić information content (AvgIpc) is 2.92. The van der Waals surface area contributed by atoms with Gasteiger partial charge in [-0.1, -0.05) is 12.1 Å². The highest BCUT2D eigenvalue weighted by Gasteiger charge is 2.48. The Kier molecular flexibility index (Phi) is 3.21. The van der Waals surface area contributed by atoms with E-state index in [9.17, 15) is 4.79 Å². The molecule has 0 unspecified atom stereocenters. The van der Waals surface area contributed by atoms with Crippen molar-refractivity contribution in [1.82, 2.24) is 9.78 Å². The van der Waals surface area contributed by atoms with E-state index < -0.39 is 0 Å². The molecule has 1 N–H and O–H groups in total. The van der Waals surface area contributed by atoms with Crippen LogP contribution in [0.25, 0.3) is 0 Å². The second kappa shape index (κ2) is 5.35. The first-order chi connectivity index (χ1) is 12.2. The van der Waals surface area contributed by atoms with E-state index in [0.29, 0.717) is 12.5 Å². The molecule has 0 spiro atoms. The van der Waals surface area contributed by atoms with Crippen molar-refractivity contribution in [2.24, 2.45) is 18.4 Å². The summed E-state index contributed by atoms with van der Waals surface area (Å²) < 4.78 is 1.85.